The lowest BCUT2D eigenvalue weighted by Gasteiger charge is -2.17. The van der Waals surface area contributed by atoms with Gasteiger partial charge in [0.05, 0.1) is 0 Å². The van der Waals surface area contributed by atoms with Crippen LogP contribution in [0.5, 0.6) is 0 Å². The highest BCUT2D eigenvalue weighted by molar-refractivity contribution is 5.19. The number of aromatic nitrogens is 2. The van der Waals surface area contributed by atoms with Crippen LogP contribution in [0.3, 0.4) is 0 Å². The second-order valence-electron chi connectivity index (χ2n) is 4.39. The van der Waals surface area contributed by atoms with E-state index in [2.05, 4.69) is 28.7 Å². The molecule has 0 aliphatic heterocycles. The summed E-state index contributed by atoms with van der Waals surface area (Å²) in [5, 5.41) is 0. The second kappa shape index (κ2) is 6.67. The molecule has 4 heteroatoms. The minimum atomic E-state index is 0.00633. The van der Waals surface area contributed by atoms with E-state index in [1.54, 1.807) is 0 Å². The quantitative estimate of drug-likeness (QED) is 0.816. The Morgan fingerprint density at radius 3 is 2.47 bits per heavy atom. The van der Waals surface area contributed by atoms with E-state index in [1.807, 2.05) is 20.0 Å². The topological polar surface area (TPSA) is 55.0 Å². The van der Waals surface area contributed by atoms with E-state index in [1.165, 1.54) is 0 Å². The smallest absolute Gasteiger partial charge is 0.129 e. The van der Waals surface area contributed by atoms with Crippen LogP contribution in [0.25, 0.3) is 0 Å². The van der Waals surface area contributed by atoms with Crippen LogP contribution in [0.1, 0.15) is 43.9 Å². The molecule has 0 spiro atoms. The first kappa shape index (κ1) is 14.1. The monoisotopic (exact) mass is 236 g/mol. The predicted octanol–water partition coefficient (Wildman–Crippen LogP) is 1.69. The molecule has 0 amide bonds. The molecule has 1 aromatic rings. The molecule has 1 atom stereocenters. The van der Waals surface area contributed by atoms with Crippen molar-refractivity contribution in [2.24, 2.45) is 5.73 Å². The molecule has 0 saturated heterocycles. The van der Waals surface area contributed by atoms with Crippen LogP contribution in [0.15, 0.2) is 6.20 Å². The molecule has 4 nitrogen and oxygen atoms in total. The molecule has 1 rings (SSSR count). The molecular formula is C13H24N4. The maximum Gasteiger partial charge on any atom is 0.129 e. The fraction of sp³-hybridized carbons (Fsp3) is 0.692. The summed E-state index contributed by atoms with van der Waals surface area (Å²) in [5.74, 6) is 0.916. The molecule has 0 aliphatic rings. The third-order valence-electron chi connectivity index (χ3n) is 3.10. The Balaban J connectivity index is 2.64. The second-order valence-corrected chi connectivity index (χ2v) is 4.39. The SMILES string of the molecule is CCN(CC)CCc1ncc(C(C)N)c(C)n1. The van der Waals surface area contributed by atoms with Crippen molar-refractivity contribution < 1.29 is 0 Å². The van der Waals surface area contributed by atoms with Crippen LogP contribution < -0.4 is 5.73 Å². The first-order valence-corrected chi connectivity index (χ1v) is 6.38. The van der Waals surface area contributed by atoms with E-state index in [-0.39, 0.29) is 6.04 Å². The van der Waals surface area contributed by atoms with Crippen molar-refractivity contribution in [1.29, 1.82) is 0 Å². The Hall–Kier alpha value is -1.00. The van der Waals surface area contributed by atoms with Gasteiger partial charge in [-0.25, -0.2) is 9.97 Å². The summed E-state index contributed by atoms with van der Waals surface area (Å²) < 4.78 is 0. The lowest BCUT2D eigenvalue weighted by molar-refractivity contribution is 0.305. The number of hydrogen-bond donors (Lipinski definition) is 1. The van der Waals surface area contributed by atoms with Gasteiger partial charge in [0.1, 0.15) is 5.82 Å². The van der Waals surface area contributed by atoms with E-state index >= 15 is 0 Å². The van der Waals surface area contributed by atoms with Gasteiger partial charge in [0.15, 0.2) is 0 Å². The van der Waals surface area contributed by atoms with Crippen LogP contribution in [0, 0.1) is 6.92 Å². The molecule has 0 aromatic carbocycles. The van der Waals surface area contributed by atoms with Crippen LogP contribution >= 0.6 is 0 Å². The molecule has 2 N–H and O–H groups in total. The number of aryl methyl sites for hydroxylation is 1. The highest BCUT2D eigenvalue weighted by Crippen LogP contribution is 2.12. The third-order valence-corrected chi connectivity index (χ3v) is 3.10. The molecule has 0 radical (unpaired) electrons. The fourth-order valence-electron chi connectivity index (χ4n) is 1.89. The van der Waals surface area contributed by atoms with Crippen molar-refractivity contribution in [2.45, 2.75) is 40.2 Å². The molecule has 1 heterocycles. The summed E-state index contributed by atoms with van der Waals surface area (Å²) in [6.07, 6.45) is 2.77. The Morgan fingerprint density at radius 2 is 2.00 bits per heavy atom. The number of hydrogen-bond acceptors (Lipinski definition) is 4. The average Bonchev–Trinajstić information content (AvgIpc) is 2.30. The van der Waals surface area contributed by atoms with Crippen molar-refractivity contribution in [3.63, 3.8) is 0 Å². The summed E-state index contributed by atoms with van der Waals surface area (Å²) in [6, 6.07) is 0.00633. The zero-order valence-corrected chi connectivity index (χ0v) is 11.4. The van der Waals surface area contributed by atoms with Gasteiger partial charge in [0.25, 0.3) is 0 Å². The van der Waals surface area contributed by atoms with Gasteiger partial charge >= 0.3 is 0 Å². The molecule has 17 heavy (non-hydrogen) atoms. The summed E-state index contributed by atoms with van der Waals surface area (Å²) >= 11 is 0. The molecule has 0 saturated carbocycles. The Labute approximate surface area is 104 Å². The van der Waals surface area contributed by atoms with Crippen molar-refractivity contribution in [3.05, 3.63) is 23.3 Å². The summed E-state index contributed by atoms with van der Waals surface area (Å²) in [5.41, 5.74) is 7.88. The van der Waals surface area contributed by atoms with Gasteiger partial charge in [0.2, 0.25) is 0 Å². The first-order valence-electron chi connectivity index (χ1n) is 6.38. The molecule has 1 unspecified atom stereocenters. The fourth-order valence-corrected chi connectivity index (χ4v) is 1.89. The molecule has 0 fully saturated rings. The molecule has 96 valence electrons. The van der Waals surface area contributed by atoms with E-state index in [4.69, 9.17) is 5.73 Å². The maximum absolute atomic E-state index is 5.84. The Kier molecular flexibility index (Phi) is 5.51. The van der Waals surface area contributed by atoms with E-state index in [0.717, 1.165) is 43.1 Å². The van der Waals surface area contributed by atoms with Gasteiger partial charge in [0, 0.05) is 36.5 Å². The minimum absolute atomic E-state index is 0.00633. The van der Waals surface area contributed by atoms with Gasteiger partial charge in [-0.1, -0.05) is 13.8 Å². The Bertz CT molecular complexity index is 345. The minimum Gasteiger partial charge on any atom is -0.324 e. The third kappa shape index (κ3) is 4.06. The molecule has 0 aliphatic carbocycles. The van der Waals surface area contributed by atoms with Crippen molar-refractivity contribution in [1.82, 2.24) is 14.9 Å². The van der Waals surface area contributed by atoms with Crippen LogP contribution in [0.4, 0.5) is 0 Å². The summed E-state index contributed by atoms with van der Waals surface area (Å²) in [4.78, 5) is 11.3. The molecule has 0 bridgehead atoms. The predicted molar refractivity (Wildman–Crippen MR) is 70.9 cm³/mol. The van der Waals surface area contributed by atoms with Gasteiger partial charge < -0.3 is 10.6 Å². The van der Waals surface area contributed by atoms with Crippen molar-refractivity contribution >= 4 is 0 Å². The van der Waals surface area contributed by atoms with E-state index < -0.39 is 0 Å². The zero-order chi connectivity index (χ0) is 12.8. The van der Waals surface area contributed by atoms with Gasteiger partial charge in [-0.15, -0.1) is 0 Å². The molecular weight excluding hydrogens is 212 g/mol. The maximum atomic E-state index is 5.84. The van der Waals surface area contributed by atoms with Crippen LogP contribution in [-0.4, -0.2) is 34.5 Å². The summed E-state index contributed by atoms with van der Waals surface area (Å²) in [7, 11) is 0. The van der Waals surface area contributed by atoms with E-state index in [9.17, 15) is 0 Å². The normalized spacial score (nSPS) is 13.1. The summed E-state index contributed by atoms with van der Waals surface area (Å²) in [6.45, 7) is 11.5. The van der Waals surface area contributed by atoms with Crippen LogP contribution in [-0.2, 0) is 6.42 Å². The van der Waals surface area contributed by atoms with Gasteiger partial charge in [-0.05, 0) is 26.9 Å². The number of likely N-dealkylation sites (N-methyl/N-ethyl adjacent to an activating group) is 1. The lowest BCUT2D eigenvalue weighted by atomic mass is 10.1. The first-order chi connectivity index (χ1) is 8.08. The number of nitrogens with zero attached hydrogens (tertiary/aromatic N) is 3. The zero-order valence-electron chi connectivity index (χ0n) is 11.4. The van der Waals surface area contributed by atoms with Gasteiger partial charge in [-0.2, -0.15) is 0 Å². The van der Waals surface area contributed by atoms with E-state index in [0.29, 0.717) is 0 Å². The standard InChI is InChI=1S/C13H24N4/c1-5-17(6-2)8-7-13-15-9-12(10(3)14)11(4)16-13/h9-10H,5-8,14H2,1-4H3. The molecule has 1 aromatic heterocycles. The van der Waals surface area contributed by atoms with Crippen molar-refractivity contribution in [2.75, 3.05) is 19.6 Å². The Morgan fingerprint density at radius 1 is 1.35 bits per heavy atom. The van der Waals surface area contributed by atoms with Crippen molar-refractivity contribution in [3.8, 4) is 0 Å². The average molecular weight is 236 g/mol. The van der Waals surface area contributed by atoms with Gasteiger partial charge in [-0.3, -0.25) is 0 Å². The number of nitrogens with two attached hydrogens (primary N) is 1. The number of rotatable bonds is 6. The highest BCUT2D eigenvalue weighted by atomic mass is 15.1. The lowest BCUT2D eigenvalue weighted by Crippen LogP contribution is -2.26. The largest absolute Gasteiger partial charge is 0.324 e. The van der Waals surface area contributed by atoms with Crippen LogP contribution in [0.2, 0.25) is 0 Å². The highest BCUT2D eigenvalue weighted by Gasteiger charge is 2.08.